The molecule has 0 aliphatic carbocycles. The smallest absolute Gasteiger partial charge is 0.311 e. The van der Waals surface area contributed by atoms with E-state index in [0.29, 0.717) is 22.9 Å². The fraction of sp³-hybridized carbons (Fsp3) is 0.678. The lowest BCUT2D eigenvalue weighted by molar-refractivity contribution is -0.337. The number of cyclic esters (lactones) is 1. The van der Waals surface area contributed by atoms with Crippen molar-refractivity contribution in [1.82, 2.24) is 13.9 Å². The van der Waals surface area contributed by atoms with Crippen LogP contribution in [-0.4, -0.2) is 185 Å². The van der Waals surface area contributed by atoms with Crippen molar-refractivity contribution in [2.45, 2.75) is 201 Å². The molecule has 81 heavy (non-hydrogen) atoms. The summed E-state index contributed by atoms with van der Waals surface area (Å²) < 4.78 is 104. The number of hydrogen-bond acceptors (Lipinski definition) is 18. The molecule has 3 aromatic rings. The number of nitrogens with one attached hydrogen (secondary N) is 1. The summed E-state index contributed by atoms with van der Waals surface area (Å²) >= 11 is 0. The number of nitrogens with zero attached hydrogens (tertiary/aromatic N) is 2. The summed E-state index contributed by atoms with van der Waals surface area (Å²) in [6.45, 7) is 19.2. The first-order chi connectivity index (χ1) is 38.0. The number of carbonyl (C=O) groups is 1. The summed E-state index contributed by atoms with van der Waals surface area (Å²) in [5, 5.41) is 53.1. The van der Waals surface area contributed by atoms with Crippen LogP contribution in [0.15, 0.2) is 88.7 Å². The van der Waals surface area contributed by atoms with Crippen LogP contribution in [0.5, 0.6) is 17.2 Å². The third-order valence-corrected chi connectivity index (χ3v) is 20.4. The summed E-state index contributed by atoms with van der Waals surface area (Å²) in [4.78, 5) is 15.5. The average molecular weight is 1180 g/mol. The van der Waals surface area contributed by atoms with Crippen LogP contribution in [0.3, 0.4) is 0 Å². The van der Waals surface area contributed by atoms with Crippen molar-refractivity contribution in [3.05, 3.63) is 78.9 Å². The quantitative estimate of drug-likeness (QED) is 0.0939. The predicted octanol–water partition coefficient (Wildman–Crippen LogP) is 5.84. The number of hydrogen-bond donors (Lipinski definition) is 5. The first kappa shape index (κ1) is 66.3. The van der Waals surface area contributed by atoms with E-state index in [4.69, 9.17) is 42.6 Å². The Morgan fingerprint density at radius 3 is 2.05 bits per heavy atom. The lowest BCUT2D eigenvalue weighted by Gasteiger charge is -2.54. The molecular formula is C59H91N3O17S2. The number of benzene rings is 3. The van der Waals surface area contributed by atoms with Gasteiger partial charge in [-0.05, 0) is 117 Å². The van der Waals surface area contributed by atoms with Crippen LogP contribution in [0.25, 0.3) is 0 Å². The Balaban J connectivity index is 1.48. The number of aliphatic hydroxyl groups is 4. The zero-order chi connectivity index (χ0) is 60.0. The van der Waals surface area contributed by atoms with Gasteiger partial charge in [0.2, 0.25) is 10.0 Å². The molecule has 22 heteroatoms. The van der Waals surface area contributed by atoms with Crippen molar-refractivity contribution in [1.29, 1.82) is 0 Å². The molecule has 456 valence electrons. The van der Waals surface area contributed by atoms with Gasteiger partial charge in [0.25, 0.3) is 0 Å². The number of aliphatic hydroxyl groups excluding tert-OH is 1. The summed E-state index contributed by atoms with van der Waals surface area (Å²) in [5.74, 6) is -2.37. The number of rotatable bonds is 18. The Kier molecular flexibility index (Phi) is 22.5. The second-order valence-corrected chi connectivity index (χ2v) is 26.5. The van der Waals surface area contributed by atoms with Crippen LogP contribution in [-0.2, 0) is 54.2 Å². The van der Waals surface area contributed by atoms with Gasteiger partial charge in [-0.1, -0.05) is 64.1 Å². The lowest BCUT2D eigenvalue weighted by atomic mass is 9.75. The molecule has 0 aromatic heterocycles. The molecule has 0 bridgehead atoms. The largest absolute Gasteiger partial charge is 0.493 e. The Hall–Kier alpha value is -3.85. The van der Waals surface area contributed by atoms with E-state index < -0.39 is 129 Å². The van der Waals surface area contributed by atoms with Crippen LogP contribution in [0.1, 0.15) is 102 Å². The van der Waals surface area contributed by atoms with Crippen LogP contribution < -0.4 is 19.5 Å². The van der Waals surface area contributed by atoms with Crippen LogP contribution in [0, 0.1) is 17.8 Å². The van der Waals surface area contributed by atoms with E-state index >= 15 is 0 Å². The molecule has 0 saturated carbocycles. The van der Waals surface area contributed by atoms with E-state index in [-0.39, 0.29) is 55.3 Å². The Labute approximate surface area is 482 Å². The van der Waals surface area contributed by atoms with E-state index in [1.165, 1.54) is 51.7 Å². The molecule has 19 atom stereocenters. The summed E-state index contributed by atoms with van der Waals surface area (Å²) in [5.41, 5.74) is -6.97. The highest BCUT2D eigenvalue weighted by Gasteiger charge is 2.60. The maximum atomic E-state index is 14.9. The number of sulfonamides is 1. The third-order valence-electron chi connectivity index (χ3n) is 17.0. The number of carbonyl (C=O) groups excluding carboxylic acids is 1. The molecule has 1 unspecified atom stereocenters. The van der Waals surface area contributed by atoms with Gasteiger partial charge in [-0.2, -0.15) is 4.31 Å². The van der Waals surface area contributed by atoms with E-state index in [2.05, 4.69) is 5.32 Å². The van der Waals surface area contributed by atoms with Gasteiger partial charge in [0.15, 0.2) is 30.2 Å². The molecule has 3 aliphatic rings. The van der Waals surface area contributed by atoms with Crippen molar-refractivity contribution >= 4 is 27.0 Å². The van der Waals surface area contributed by atoms with Gasteiger partial charge in [0, 0.05) is 51.7 Å². The van der Waals surface area contributed by atoms with Gasteiger partial charge in [-0.25, -0.2) is 16.9 Å². The molecule has 0 radical (unpaired) electrons. The number of likely N-dealkylation sites (N-methyl/N-ethyl adjacent to an activating group) is 2. The van der Waals surface area contributed by atoms with E-state index in [0.717, 1.165) is 0 Å². The number of ether oxygens (including phenoxy) is 9. The normalized spacial score (nSPS) is 37.2. The standard InChI is InChI=1S/C59H91N3O17S2/c1-16-48-58(11,66)52(63)40(7)60-34-36(3)32-56(9,65)53(79-55-51(76-42-28-29-46(71-13)47(31-42)72-14)45(30-37(4)74-55)61(12)81(69,70)44-26-22-19-23-27-44)38(5)50(39(6)54(64)77-48)78-49-33-57(10,73-15)59(67,41(8)75-49)35-62(17-2)80(68)43-24-20-18-21-25-43/h18-29,31,36-41,45,48-53,55,60,63,65-67H,16-17,30,32-35H2,1-15H3/t36-,37-,38+,39-,40-,41+,45+,48-,49+,50+,51-,52-,53-,55+,56-,57-,58-,59+,80?/m1/s1. The maximum Gasteiger partial charge on any atom is 0.311 e. The van der Waals surface area contributed by atoms with Crippen LogP contribution in [0.4, 0.5) is 0 Å². The predicted molar refractivity (Wildman–Crippen MR) is 304 cm³/mol. The second-order valence-electron chi connectivity index (χ2n) is 23.0. The molecule has 3 fully saturated rings. The van der Waals surface area contributed by atoms with Gasteiger partial charge >= 0.3 is 5.97 Å². The second kappa shape index (κ2) is 27.5. The molecule has 20 nitrogen and oxygen atoms in total. The Morgan fingerprint density at radius 1 is 0.827 bits per heavy atom. The minimum absolute atomic E-state index is 0.0521. The maximum absolute atomic E-state index is 14.9. The highest BCUT2D eigenvalue weighted by atomic mass is 32.2. The highest BCUT2D eigenvalue weighted by Crippen LogP contribution is 2.45. The molecular weight excluding hydrogens is 1090 g/mol. The summed E-state index contributed by atoms with van der Waals surface area (Å²) in [7, 11) is 0.0618. The minimum atomic E-state index is -4.18. The highest BCUT2D eigenvalue weighted by molar-refractivity contribution is 7.89. The van der Waals surface area contributed by atoms with Gasteiger partial charge in [-0.15, -0.1) is 0 Å². The molecule has 0 spiro atoms. The molecule has 3 saturated heterocycles. The zero-order valence-corrected chi connectivity index (χ0v) is 51.5. The summed E-state index contributed by atoms with van der Waals surface area (Å²) in [6, 6.07) is 20.2. The fourth-order valence-electron chi connectivity index (χ4n) is 11.9. The van der Waals surface area contributed by atoms with E-state index in [1.807, 2.05) is 19.9 Å². The molecule has 3 aliphatic heterocycles. The fourth-order valence-corrected chi connectivity index (χ4v) is 14.5. The Morgan fingerprint density at radius 2 is 1.46 bits per heavy atom. The van der Waals surface area contributed by atoms with Gasteiger partial charge in [0.05, 0.1) is 66.0 Å². The van der Waals surface area contributed by atoms with Crippen molar-refractivity contribution in [2.75, 3.05) is 48.0 Å². The molecule has 5 N–H and O–H groups in total. The first-order valence-corrected chi connectivity index (χ1v) is 30.7. The zero-order valence-electron chi connectivity index (χ0n) is 49.8. The summed E-state index contributed by atoms with van der Waals surface area (Å²) in [6.07, 6.45) is -10.6. The van der Waals surface area contributed by atoms with Gasteiger partial charge in [-0.3, -0.25) is 4.79 Å². The van der Waals surface area contributed by atoms with Crippen molar-refractivity contribution in [3.8, 4) is 17.2 Å². The lowest BCUT2D eigenvalue weighted by Crippen LogP contribution is -2.70. The number of esters is 1. The third kappa shape index (κ3) is 14.6. The van der Waals surface area contributed by atoms with E-state index in [1.54, 1.807) is 120 Å². The average Bonchev–Trinajstić information content (AvgIpc) is 3.52. The van der Waals surface area contributed by atoms with Crippen molar-refractivity contribution < 1.29 is 80.5 Å². The topological polar surface area (TPSA) is 251 Å². The van der Waals surface area contributed by atoms with Gasteiger partial charge < -0.3 is 68.4 Å². The van der Waals surface area contributed by atoms with Crippen molar-refractivity contribution in [2.24, 2.45) is 17.8 Å². The SMILES string of the molecule is CC[C@H]1OC(=O)[C@H](C)[C@@H](O[C@H]2C[C@@](C)(OC)[C@](O)(CN(CC)S(=O)c3ccccc3)[C@H](C)O2)[C@H](C)[C@@H](O[C@@H]2O[C@H](C)C[C@H](N(C)S(=O)(=O)c3ccccc3)[C@H]2Oc2ccc(OC)c(OC)c2)[C@](C)(O)C[C@@H](C)CN[C@H](C)[C@@H](O)[C@]1(C)O. The minimum Gasteiger partial charge on any atom is -0.493 e. The van der Waals surface area contributed by atoms with E-state index in [9.17, 15) is 37.8 Å². The molecule has 3 aromatic carbocycles. The Bertz CT molecular complexity index is 2640. The molecule has 0 amide bonds. The van der Waals surface area contributed by atoms with Gasteiger partial charge in [0.1, 0.15) is 45.7 Å². The van der Waals surface area contributed by atoms with Crippen molar-refractivity contribution in [3.63, 3.8) is 0 Å². The number of methoxy groups -OCH3 is 3. The molecule has 6 rings (SSSR count). The molecule has 3 heterocycles. The first-order valence-electron chi connectivity index (χ1n) is 28.1. The monoisotopic (exact) mass is 1180 g/mol. The van der Waals surface area contributed by atoms with Crippen LogP contribution in [0.2, 0.25) is 0 Å². The van der Waals surface area contributed by atoms with Crippen LogP contribution >= 0.6 is 0 Å².